The van der Waals surface area contributed by atoms with E-state index in [1.807, 2.05) is 62.4 Å². The lowest BCUT2D eigenvalue weighted by molar-refractivity contribution is -0.139. The highest BCUT2D eigenvalue weighted by Gasteiger charge is 2.29. The first-order valence-corrected chi connectivity index (χ1v) is 8.90. The number of benzene rings is 2. The molecular formula is C22H24O4. The highest BCUT2D eigenvalue weighted by molar-refractivity contribution is 5.96. The molecule has 0 spiro atoms. The molecule has 0 N–H and O–H groups in total. The van der Waals surface area contributed by atoms with E-state index in [4.69, 9.17) is 14.2 Å². The summed E-state index contributed by atoms with van der Waals surface area (Å²) >= 11 is 0. The molecule has 1 aliphatic heterocycles. The molecule has 1 unspecified atom stereocenters. The standard InChI is InChI=1S/C22H24O4/c1-4-25-22(23)19-13-14-20(16-9-11-18(24-3)12-10-16)26-21(19)17-7-5-15(2)6-8-17/h5-12,20H,4,13-14H2,1-3H3. The Kier molecular flexibility index (Phi) is 5.61. The maximum Gasteiger partial charge on any atom is 0.337 e. The molecule has 1 heterocycles. The van der Waals surface area contributed by atoms with Crippen molar-refractivity contribution in [3.63, 3.8) is 0 Å². The molecule has 2 aromatic rings. The Hall–Kier alpha value is -2.75. The molecule has 0 saturated heterocycles. The summed E-state index contributed by atoms with van der Waals surface area (Å²) in [7, 11) is 1.65. The third-order valence-corrected chi connectivity index (χ3v) is 4.51. The number of methoxy groups -OCH3 is 1. The van der Waals surface area contributed by atoms with Gasteiger partial charge in [-0.1, -0.05) is 42.0 Å². The maximum atomic E-state index is 12.4. The quantitative estimate of drug-likeness (QED) is 0.723. The van der Waals surface area contributed by atoms with Crippen LogP contribution in [0.3, 0.4) is 0 Å². The summed E-state index contributed by atoms with van der Waals surface area (Å²) in [6, 6.07) is 15.9. The number of ether oxygens (including phenoxy) is 3. The van der Waals surface area contributed by atoms with Crippen molar-refractivity contribution in [3.8, 4) is 5.75 Å². The van der Waals surface area contributed by atoms with Gasteiger partial charge in [-0.25, -0.2) is 4.79 Å². The second-order valence-corrected chi connectivity index (χ2v) is 6.31. The maximum absolute atomic E-state index is 12.4. The van der Waals surface area contributed by atoms with Gasteiger partial charge in [0, 0.05) is 5.56 Å². The molecule has 0 radical (unpaired) electrons. The normalized spacial score (nSPS) is 16.8. The van der Waals surface area contributed by atoms with Gasteiger partial charge < -0.3 is 14.2 Å². The van der Waals surface area contributed by atoms with Crippen LogP contribution >= 0.6 is 0 Å². The van der Waals surface area contributed by atoms with Crippen LogP contribution in [0.4, 0.5) is 0 Å². The summed E-state index contributed by atoms with van der Waals surface area (Å²) in [5, 5.41) is 0. The summed E-state index contributed by atoms with van der Waals surface area (Å²) < 4.78 is 16.7. The number of rotatable bonds is 5. The second-order valence-electron chi connectivity index (χ2n) is 6.31. The smallest absolute Gasteiger partial charge is 0.337 e. The fourth-order valence-corrected chi connectivity index (χ4v) is 3.07. The summed E-state index contributed by atoms with van der Waals surface area (Å²) in [6.07, 6.45) is 1.25. The minimum absolute atomic E-state index is 0.101. The SMILES string of the molecule is CCOC(=O)C1=C(c2ccc(C)cc2)OC(c2ccc(OC)cc2)CC1. The highest BCUT2D eigenvalue weighted by atomic mass is 16.5. The third-order valence-electron chi connectivity index (χ3n) is 4.51. The number of hydrogen-bond acceptors (Lipinski definition) is 4. The average Bonchev–Trinajstić information content (AvgIpc) is 2.68. The molecule has 4 nitrogen and oxygen atoms in total. The van der Waals surface area contributed by atoms with Crippen molar-refractivity contribution in [3.05, 3.63) is 70.8 Å². The van der Waals surface area contributed by atoms with Gasteiger partial charge in [0.2, 0.25) is 0 Å². The monoisotopic (exact) mass is 352 g/mol. The van der Waals surface area contributed by atoms with E-state index in [-0.39, 0.29) is 12.1 Å². The van der Waals surface area contributed by atoms with Crippen molar-refractivity contribution in [2.24, 2.45) is 0 Å². The van der Waals surface area contributed by atoms with Crippen LogP contribution in [0.1, 0.15) is 42.6 Å². The predicted octanol–water partition coefficient (Wildman–Crippen LogP) is 4.83. The molecule has 3 rings (SSSR count). The predicted molar refractivity (Wildman–Crippen MR) is 101 cm³/mol. The van der Waals surface area contributed by atoms with Gasteiger partial charge in [-0.3, -0.25) is 0 Å². The first-order valence-electron chi connectivity index (χ1n) is 8.90. The van der Waals surface area contributed by atoms with Gasteiger partial charge in [-0.15, -0.1) is 0 Å². The van der Waals surface area contributed by atoms with Gasteiger partial charge >= 0.3 is 5.97 Å². The van der Waals surface area contributed by atoms with E-state index >= 15 is 0 Å². The highest BCUT2D eigenvalue weighted by Crippen LogP contribution is 2.39. The fourth-order valence-electron chi connectivity index (χ4n) is 3.07. The van der Waals surface area contributed by atoms with E-state index in [0.29, 0.717) is 24.4 Å². The number of aryl methyl sites for hydroxylation is 1. The number of carbonyl (C=O) groups is 1. The van der Waals surface area contributed by atoms with Crippen LogP contribution in [0.15, 0.2) is 54.1 Å². The van der Waals surface area contributed by atoms with Crippen LogP contribution in [0, 0.1) is 6.92 Å². The van der Waals surface area contributed by atoms with E-state index < -0.39 is 0 Å². The molecule has 2 aromatic carbocycles. The summed E-state index contributed by atoms with van der Waals surface area (Å²) in [4.78, 5) is 12.4. The van der Waals surface area contributed by atoms with Crippen LogP contribution in [-0.2, 0) is 14.3 Å². The zero-order chi connectivity index (χ0) is 18.5. The molecule has 0 bridgehead atoms. The van der Waals surface area contributed by atoms with Crippen molar-refractivity contribution in [2.75, 3.05) is 13.7 Å². The Morgan fingerprint density at radius 3 is 2.42 bits per heavy atom. The van der Waals surface area contributed by atoms with E-state index in [9.17, 15) is 4.79 Å². The molecule has 4 heteroatoms. The summed E-state index contributed by atoms with van der Waals surface area (Å²) in [6.45, 7) is 4.20. The van der Waals surface area contributed by atoms with Crippen molar-refractivity contribution < 1.29 is 19.0 Å². The Morgan fingerprint density at radius 1 is 1.12 bits per heavy atom. The lowest BCUT2D eigenvalue weighted by Gasteiger charge is -2.28. The third kappa shape index (κ3) is 3.90. The average molecular weight is 352 g/mol. The molecule has 1 aliphatic rings. The Balaban J connectivity index is 1.93. The minimum Gasteiger partial charge on any atom is -0.497 e. The van der Waals surface area contributed by atoms with Crippen molar-refractivity contribution in [2.45, 2.75) is 32.8 Å². The summed E-state index contributed by atoms with van der Waals surface area (Å²) in [5.41, 5.74) is 3.74. The number of hydrogen-bond donors (Lipinski definition) is 0. The van der Waals surface area contributed by atoms with Gasteiger partial charge in [0.1, 0.15) is 17.6 Å². The minimum atomic E-state index is -0.295. The van der Waals surface area contributed by atoms with Crippen LogP contribution in [0.25, 0.3) is 5.76 Å². The summed E-state index contributed by atoms with van der Waals surface area (Å²) in [5.74, 6) is 1.14. The van der Waals surface area contributed by atoms with Crippen LogP contribution in [-0.4, -0.2) is 19.7 Å². The molecular weight excluding hydrogens is 328 g/mol. The fraction of sp³-hybridized carbons (Fsp3) is 0.318. The lowest BCUT2D eigenvalue weighted by Crippen LogP contribution is -2.18. The molecule has 0 saturated carbocycles. The molecule has 1 atom stereocenters. The Morgan fingerprint density at radius 2 is 1.81 bits per heavy atom. The Labute approximate surface area is 154 Å². The zero-order valence-corrected chi connectivity index (χ0v) is 15.5. The van der Waals surface area contributed by atoms with Gasteiger partial charge in [0.25, 0.3) is 0 Å². The van der Waals surface area contributed by atoms with E-state index in [1.165, 1.54) is 0 Å². The molecule has 26 heavy (non-hydrogen) atoms. The molecule has 0 aromatic heterocycles. The van der Waals surface area contributed by atoms with Gasteiger partial charge in [-0.2, -0.15) is 0 Å². The number of carbonyl (C=O) groups excluding carboxylic acids is 1. The molecule has 136 valence electrons. The van der Waals surface area contributed by atoms with E-state index in [2.05, 4.69) is 0 Å². The van der Waals surface area contributed by atoms with Gasteiger partial charge in [0.05, 0.1) is 19.3 Å². The first kappa shape index (κ1) is 18.1. The van der Waals surface area contributed by atoms with Crippen molar-refractivity contribution in [1.82, 2.24) is 0 Å². The lowest BCUT2D eigenvalue weighted by atomic mass is 9.95. The van der Waals surface area contributed by atoms with Crippen molar-refractivity contribution in [1.29, 1.82) is 0 Å². The number of esters is 1. The van der Waals surface area contributed by atoms with Gasteiger partial charge in [-0.05, 0) is 44.4 Å². The van der Waals surface area contributed by atoms with Crippen LogP contribution < -0.4 is 4.74 Å². The zero-order valence-electron chi connectivity index (χ0n) is 15.5. The van der Waals surface area contributed by atoms with E-state index in [0.717, 1.165) is 28.9 Å². The Bertz CT molecular complexity index is 788. The molecule has 0 fully saturated rings. The molecule has 0 aliphatic carbocycles. The van der Waals surface area contributed by atoms with Crippen LogP contribution in [0.5, 0.6) is 5.75 Å². The second kappa shape index (κ2) is 8.09. The topological polar surface area (TPSA) is 44.8 Å². The van der Waals surface area contributed by atoms with Gasteiger partial charge in [0.15, 0.2) is 0 Å². The molecule has 0 amide bonds. The van der Waals surface area contributed by atoms with Crippen LogP contribution in [0.2, 0.25) is 0 Å². The van der Waals surface area contributed by atoms with E-state index in [1.54, 1.807) is 7.11 Å². The first-order chi connectivity index (χ1) is 12.6. The van der Waals surface area contributed by atoms with Crippen molar-refractivity contribution >= 4 is 11.7 Å². The largest absolute Gasteiger partial charge is 0.497 e.